The second kappa shape index (κ2) is 7.69. The molecule has 0 radical (unpaired) electrons. The predicted molar refractivity (Wildman–Crippen MR) is 69.5 cm³/mol. The smallest absolute Gasteiger partial charge is 0.430 e. The summed E-state index contributed by atoms with van der Waals surface area (Å²) in [6, 6.07) is -0.519. The molecule has 0 aromatic heterocycles. The molecule has 0 rings (SSSR count). The topological polar surface area (TPSA) is 58.6 Å². The molecule has 0 amide bonds. The Hall–Kier alpha value is -1.03. The number of nitrogens with one attached hydrogen (secondary N) is 1. The number of alkyl halides is 6. The van der Waals surface area contributed by atoms with Crippen LogP contribution in [-0.4, -0.2) is 47.7 Å². The van der Waals surface area contributed by atoms with Crippen LogP contribution in [0.15, 0.2) is 0 Å². The van der Waals surface area contributed by atoms with Crippen LogP contribution in [0.4, 0.5) is 26.3 Å². The third-order valence-corrected chi connectivity index (χ3v) is 3.61. The van der Waals surface area contributed by atoms with E-state index in [1.54, 1.807) is 6.92 Å². The van der Waals surface area contributed by atoms with Crippen molar-refractivity contribution >= 4 is 5.97 Å². The standard InChI is InChI=1S/C13H21F6NO3/c1-5-9(11(22,12(14,15)16)13(17,18)19)23-10(21)7(3)8(4)20-6-2/h7-9,20,22H,5-6H2,1-4H3. The first-order valence-corrected chi connectivity index (χ1v) is 7.03. The van der Waals surface area contributed by atoms with Crippen molar-refractivity contribution in [3.63, 3.8) is 0 Å². The Balaban J connectivity index is 5.45. The van der Waals surface area contributed by atoms with Gasteiger partial charge < -0.3 is 15.2 Å². The van der Waals surface area contributed by atoms with E-state index in [4.69, 9.17) is 0 Å². The normalized spacial score (nSPS) is 17.5. The third-order valence-electron chi connectivity index (χ3n) is 3.61. The highest BCUT2D eigenvalue weighted by atomic mass is 19.4. The lowest BCUT2D eigenvalue weighted by Gasteiger charge is -2.38. The summed E-state index contributed by atoms with van der Waals surface area (Å²) in [7, 11) is 0. The molecule has 3 unspecified atom stereocenters. The molecule has 4 nitrogen and oxygen atoms in total. The number of aliphatic hydroxyl groups is 1. The quantitative estimate of drug-likeness (QED) is 0.546. The molecule has 10 heteroatoms. The number of hydrogen-bond acceptors (Lipinski definition) is 4. The molecule has 23 heavy (non-hydrogen) atoms. The minimum absolute atomic E-state index is 0.449. The SMILES string of the molecule is CCNC(C)C(C)C(=O)OC(CC)C(O)(C(F)(F)F)C(F)(F)F. The van der Waals surface area contributed by atoms with Gasteiger partial charge in [-0.25, -0.2) is 0 Å². The Morgan fingerprint density at radius 1 is 1.09 bits per heavy atom. The Morgan fingerprint density at radius 3 is 1.83 bits per heavy atom. The van der Waals surface area contributed by atoms with Crippen LogP contribution in [0.1, 0.15) is 34.1 Å². The fourth-order valence-electron chi connectivity index (χ4n) is 1.94. The lowest BCUT2D eigenvalue weighted by molar-refractivity contribution is -0.391. The molecule has 0 aliphatic rings. The number of halogens is 6. The monoisotopic (exact) mass is 353 g/mol. The molecule has 0 saturated carbocycles. The van der Waals surface area contributed by atoms with Crippen molar-refractivity contribution in [3.8, 4) is 0 Å². The summed E-state index contributed by atoms with van der Waals surface area (Å²) in [6.45, 7) is 5.97. The van der Waals surface area contributed by atoms with E-state index in [9.17, 15) is 36.2 Å². The van der Waals surface area contributed by atoms with Crippen LogP contribution in [-0.2, 0) is 9.53 Å². The molecule has 0 aliphatic carbocycles. The number of hydrogen-bond donors (Lipinski definition) is 2. The Kier molecular flexibility index (Phi) is 7.35. The van der Waals surface area contributed by atoms with Crippen LogP contribution in [0.25, 0.3) is 0 Å². The maximum Gasteiger partial charge on any atom is 0.430 e. The van der Waals surface area contributed by atoms with E-state index < -0.39 is 48.4 Å². The lowest BCUT2D eigenvalue weighted by Crippen LogP contribution is -2.65. The average Bonchev–Trinajstić information content (AvgIpc) is 2.40. The Labute approximate surface area is 130 Å². The summed E-state index contributed by atoms with van der Waals surface area (Å²) in [5.74, 6) is -2.24. The van der Waals surface area contributed by atoms with Crippen molar-refractivity contribution in [2.45, 2.75) is 64.2 Å². The number of esters is 1. The molecular weight excluding hydrogens is 332 g/mol. The van der Waals surface area contributed by atoms with Crippen LogP contribution in [0, 0.1) is 5.92 Å². The summed E-state index contributed by atoms with van der Waals surface area (Å²) < 4.78 is 81.1. The summed E-state index contributed by atoms with van der Waals surface area (Å²) >= 11 is 0. The van der Waals surface area contributed by atoms with Crippen molar-refractivity contribution in [1.29, 1.82) is 0 Å². The highest BCUT2D eigenvalue weighted by Gasteiger charge is 2.75. The minimum Gasteiger partial charge on any atom is -0.458 e. The zero-order valence-corrected chi connectivity index (χ0v) is 13.2. The summed E-state index contributed by atoms with van der Waals surface area (Å²) in [4.78, 5) is 11.8. The van der Waals surface area contributed by atoms with Crippen LogP contribution >= 0.6 is 0 Å². The minimum atomic E-state index is -6.04. The number of ether oxygens (including phenoxy) is 1. The molecule has 0 saturated heterocycles. The van der Waals surface area contributed by atoms with Gasteiger partial charge in [0.1, 0.15) is 6.10 Å². The van der Waals surface area contributed by atoms with Crippen LogP contribution in [0.2, 0.25) is 0 Å². The predicted octanol–water partition coefficient (Wildman–Crippen LogP) is 2.80. The first-order valence-electron chi connectivity index (χ1n) is 7.03. The lowest BCUT2D eigenvalue weighted by atomic mass is 9.92. The molecule has 0 fully saturated rings. The van der Waals surface area contributed by atoms with Crippen molar-refractivity contribution in [2.24, 2.45) is 5.92 Å². The van der Waals surface area contributed by atoms with Gasteiger partial charge in [-0.1, -0.05) is 20.8 Å². The zero-order valence-electron chi connectivity index (χ0n) is 13.2. The molecule has 0 bridgehead atoms. The van der Waals surface area contributed by atoms with Gasteiger partial charge in [-0.3, -0.25) is 4.79 Å². The molecule has 2 N–H and O–H groups in total. The van der Waals surface area contributed by atoms with E-state index in [0.717, 1.165) is 6.92 Å². The zero-order chi connectivity index (χ0) is 18.6. The fraction of sp³-hybridized carbons (Fsp3) is 0.923. The first-order chi connectivity index (χ1) is 10.2. The van der Waals surface area contributed by atoms with Crippen LogP contribution in [0.5, 0.6) is 0 Å². The number of rotatable bonds is 7. The number of carbonyl (C=O) groups excluding carboxylic acids is 1. The van der Waals surface area contributed by atoms with Gasteiger partial charge in [0.05, 0.1) is 5.92 Å². The van der Waals surface area contributed by atoms with Gasteiger partial charge in [-0.05, 0) is 19.9 Å². The Bertz CT molecular complexity index is 382. The van der Waals surface area contributed by atoms with E-state index in [1.807, 2.05) is 0 Å². The van der Waals surface area contributed by atoms with E-state index in [-0.39, 0.29) is 0 Å². The maximum atomic E-state index is 12.8. The third kappa shape index (κ3) is 4.72. The van der Waals surface area contributed by atoms with Crippen molar-refractivity contribution < 1.29 is 41.0 Å². The Morgan fingerprint density at radius 2 is 1.52 bits per heavy atom. The molecule has 0 aromatic rings. The van der Waals surface area contributed by atoms with Gasteiger partial charge in [0, 0.05) is 6.04 Å². The van der Waals surface area contributed by atoms with Gasteiger partial charge in [0.25, 0.3) is 5.60 Å². The maximum absolute atomic E-state index is 12.8. The summed E-state index contributed by atoms with van der Waals surface area (Å²) in [5.41, 5.74) is -5.12. The molecule has 0 aromatic carbocycles. The van der Waals surface area contributed by atoms with Crippen LogP contribution < -0.4 is 5.32 Å². The van der Waals surface area contributed by atoms with E-state index in [0.29, 0.717) is 6.54 Å². The van der Waals surface area contributed by atoms with Gasteiger partial charge in [-0.2, -0.15) is 26.3 Å². The molecule has 0 heterocycles. The molecule has 0 spiro atoms. The van der Waals surface area contributed by atoms with Gasteiger partial charge in [0.15, 0.2) is 0 Å². The van der Waals surface area contributed by atoms with Crippen molar-refractivity contribution in [3.05, 3.63) is 0 Å². The fourth-order valence-corrected chi connectivity index (χ4v) is 1.94. The molecular formula is C13H21F6NO3. The highest BCUT2D eigenvalue weighted by molar-refractivity contribution is 5.73. The molecule has 138 valence electrons. The largest absolute Gasteiger partial charge is 0.458 e. The van der Waals surface area contributed by atoms with E-state index in [2.05, 4.69) is 10.1 Å². The van der Waals surface area contributed by atoms with Gasteiger partial charge in [-0.15, -0.1) is 0 Å². The first kappa shape index (κ1) is 22.0. The second-order valence-electron chi connectivity index (χ2n) is 5.23. The molecule has 0 aliphatic heterocycles. The van der Waals surface area contributed by atoms with E-state index in [1.165, 1.54) is 13.8 Å². The van der Waals surface area contributed by atoms with Crippen LogP contribution in [0.3, 0.4) is 0 Å². The summed E-state index contributed by atoms with van der Waals surface area (Å²) in [5, 5.41) is 12.1. The van der Waals surface area contributed by atoms with E-state index >= 15 is 0 Å². The summed E-state index contributed by atoms with van der Waals surface area (Å²) in [6.07, 6.45) is -15.7. The number of carbonyl (C=O) groups is 1. The highest BCUT2D eigenvalue weighted by Crippen LogP contribution is 2.47. The average molecular weight is 353 g/mol. The van der Waals surface area contributed by atoms with Gasteiger partial charge >= 0.3 is 18.3 Å². The van der Waals surface area contributed by atoms with Gasteiger partial charge in [0.2, 0.25) is 0 Å². The van der Waals surface area contributed by atoms with Crippen molar-refractivity contribution in [2.75, 3.05) is 6.54 Å². The molecule has 3 atom stereocenters. The second-order valence-corrected chi connectivity index (χ2v) is 5.23. The van der Waals surface area contributed by atoms with Crippen molar-refractivity contribution in [1.82, 2.24) is 5.32 Å².